The average molecular weight is 214 g/mol. The molecular formula is C11H12F2O2. The van der Waals surface area contributed by atoms with E-state index in [0.29, 0.717) is 12.2 Å². The van der Waals surface area contributed by atoms with Crippen LogP contribution in [0.1, 0.15) is 18.9 Å². The molecule has 0 aliphatic heterocycles. The molecule has 2 nitrogen and oxygen atoms in total. The molecule has 0 saturated carbocycles. The number of halogens is 2. The molecule has 0 amide bonds. The van der Waals surface area contributed by atoms with Crippen LogP contribution in [-0.4, -0.2) is 12.6 Å². The zero-order chi connectivity index (χ0) is 11.3. The summed E-state index contributed by atoms with van der Waals surface area (Å²) in [5, 5.41) is 0. The third kappa shape index (κ3) is 3.65. The number of carbonyl (C=O) groups is 1. The van der Waals surface area contributed by atoms with Gasteiger partial charge in [-0.15, -0.1) is 0 Å². The largest absolute Gasteiger partial charge is 0.466 e. The molecule has 15 heavy (non-hydrogen) atoms. The predicted octanol–water partition coefficient (Wildman–Crippen LogP) is 2.46. The van der Waals surface area contributed by atoms with Crippen molar-refractivity contribution in [1.82, 2.24) is 0 Å². The summed E-state index contributed by atoms with van der Waals surface area (Å²) < 4.78 is 30.3. The third-order valence-corrected chi connectivity index (χ3v) is 1.92. The minimum atomic E-state index is -0.626. The molecule has 0 N–H and O–H groups in total. The molecule has 1 aromatic rings. The SMILES string of the molecule is CCOC(=O)CCc1ccc(F)cc1F. The van der Waals surface area contributed by atoms with E-state index in [1.165, 1.54) is 12.1 Å². The van der Waals surface area contributed by atoms with E-state index in [4.69, 9.17) is 4.74 Å². The van der Waals surface area contributed by atoms with Gasteiger partial charge >= 0.3 is 5.97 Å². The maximum absolute atomic E-state index is 13.1. The van der Waals surface area contributed by atoms with Crippen LogP contribution in [0.5, 0.6) is 0 Å². The Kier molecular flexibility index (Phi) is 4.21. The fraction of sp³-hybridized carbons (Fsp3) is 0.364. The van der Waals surface area contributed by atoms with Crippen LogP contribution >= 0.6 is 0 Å². The number of rotatable bonds is 4. The van der Waals surface area contributed by atoms with Gasteiger partial charge in [0.05, 0.1) is 6.61 Å². The van der Waals surface area contributed by atoms with Crippen LogP contribution in [0.3, 0.4) is 0 Å². The van der Waals surface area contributed by atoms with Crippen molar-refractivity contribution in [2.45, 2.75) is 19.8 Å². The number of aryl methyl sites for hydroxylation is 1. The van der Waals surface area contributed by atoms with Crippen LogP contribution in [0.25, 0.3) is 0 Å². The van der Waals surface area contributed by atoms with Gasteiger partial charge in [0.2, 0.25) is 0 Å². The summed E-state index contributed by atoms with van der Waals surface area (Å²) in [5.74, 6) is -1.62. The summed E-state index contributed by atoms with van der Waals surface area (Å²) in [6.45, 7) is 2.01. The first-order valence-corrected chi connectivity index (χ1v) is 4.73. The Morgan fingerprint density at radius 1 is 1.40 bits per heavy atom. The lowest BCUT2D eigenvalue weighted by atomic mass is 10.1. The van der Waals surface area contributed by atoms with Crippen molar-refractivity contribution in [3.05, 3.63) is 35.4 Å². The first-order chi connectivity index (χ1) is 7.13. The highest BCUT2D eigenvalue weighted by molar-refractivity contribution is 5.69. The molecule has 0 aliphatic carbocycles. The van der Waals surface area contributed by atoms with Gasteiger partial charge in [-0.25, -0.2) is 8.78 Å². The molecule has 0 heterocycles. The van der Waals surface area contributed by atoms with Crippen LogP contribution in [0.2, 0.25) is 0 Å². The van der Waals surface area contributed by atoms with Gasteiger partial charge < -0.3 is 4.74 Å². The number of esters is 1. The highest BCUT2D eigenvalue weighted by Gasteiger charge is 2.07. The van der Waals surface area contributed by atoms with E-state index in [0.717, 1.165) is 6.07 Å². The first-order valence-electron chi connectivity index (χ1n) is 4.73. The van der Waals surface area contributed by atoms with Crippen molar-refractivity contribution >= 4 is 5.97 Å². The molecule has 1 rings (SSSR count). The van der Waals surface area contributed by atoms with E-state index in [-0.39, 0.29) is 18.8 Å². The number of benzene rings is 1. The van der Waals surface area contributed by atoms with Gasteiger partial charge in [0, 0.05) is 12.5 Å². The minimum Gasteiger partial charge on any atom is -0.466 e. The van der Waals surface area contributed by atoms with Crippen molar-refractivity contribution in [3.63, 3.8) is 0 Å². The van der Waals surface area contributed by atoms with Crippen molar-refractivity contribution in [1.29, 1.82) is 0 Å². The Hall–Kier alpha value is -1.45. The zero-order valence-corrected chi connectivity index (χ0v) is 8.43. The van der Waals surface area contributed by atoms with Crippen LogP contribution in [0.4, 0.5) is 8.78 Å². The molecule has 4 heteroatoms. The molecular weight excluding hydrogens is 202 g/mol. The lowest BCUT2D eigenvalue weighted by molar-refractivity contribution is -0.143. The molecule has 0 radical (unpaired) electrons. The lowest BCUT2D eigenvalue weighted by Gasteiger charge is -2.03. The maximum Gasteiger partial charge on any atom is 0.306 e. The summed E-state index contributed by atoms with van der Waals surface area (Å²) in [7, 11) is 0. The minimum absolute atomic E-state index is 0.108. The molecule has 0 aliphatic rings. The topological polar surface area (TPSA) is 26.3 Å². The molecule has 0 unspecified atom stereocenters. The van der Waals surface area contributed by atoms with Gasteiger partial charge in [-0.3, -0.25) is 4.79 Å². The average Bonchev–Trinajstić information content (AvgIpc) is 2.17. The predicted molar refractivity (Wildman–Crippen MR) is 51.3 cm³/mol. The number of hydrogen-bond donors (Lipinski definition) is 0. The molecule has 1 aromatic carbocycles. The fourth-order valence-corrected chi connectivity index (χ4v) is 1.19. The van der Waals surface area contributed by atoms with Crippen molar-refractivity contribution in [2.24, 2.45) is 0 Å². The quantitative estimate of drug-likeness (QED) is 0.719. The Labute approximate surface area is 86.9 Å². The third-order valence-electron chi connectivity index (χ3n) is 1.92. The van der Waals surface area contributed by atoms with Gasteiger partial charge in [-0.1, -0.05) is 6.07 Å². The first kappa shape index (κ1) is 11.6. The smallest absolute Gasteiger partial charge is 0.306 e. The van der Waals surface area contributed by atoms with Crippen LogP contribution < -0.4 is 0 Å². The van der Waals surface area contributed by atoms with Gasteiger partial charge in [0.25, 0.3) is 0 Å². The monoisotopic (exact) mass is 214 g/mol. The van der Waals surface area contributed by atoms with Gasteiger partial charge in [0.15, 0.2) is 0 Å². The van der Waals surface area contributed by atoms with E-state index < -0.39 is 11.6 Å². The van der Waals surface area contributed by atoms with E-state index >= 15 is 0 Å². The number of hydrogen-bond acceptors (Lipinski definition) is 2. The van der Waals surface area contributed by atoms with Gasteiger partial charge in [-0.05, 0) is 25.0 Å². The highest BCUT2D eigenvalue weighted by atomic mass is 19.1. The molecule has 0 aromatic heterocycles. The van der Waals surface area contributed by atoms with E-state index in [9.17, 15) is 13.6 Å². The lowest BCUT2D eigenvalue weighted by Crippen LogP contribution is -2.06. The summed E-state index contributed by atoms with van der Waals surface area (Å²) in [4.78, 5) is 11.0. The van der Waals surface area contributed by atoms with Crippen LogP contribution in [-0.2, 0) is 16.0 Å². The summed E-state index contributed by atoms with van der Waals surface area (Å²) >= 11 is 0. The van der Waals surface area contributed by atoms with E-state index in [1.54, 1.807) is 6.92 Å². The van der Waals surface area contributed by atoms with E-state index in [1.807, 2.05) is 0 Å². The van der Waals surface area contributed by atoms with E-state index in [2.05, 4.69) is 0 Å². The molecule has 0 bridgehead atoms. The van der Waals surface area contributed by atoms with Crippen molar-refractivity contribution in [2.75, 3.05) is 6.61 Å². The second-order valence-electron chi connectivity index (χ2n) is 3.04. The second kappa shape index (κ2) is 5.44. The molecule has 0 spiro atoms. The van der Waals surface area contributed by atoms with Crippen LogP contribution in [0, 0.1) is 11.6 Å². The fourth-order valence-electron chi connectivity index (χ4n) is 1.19. The van der Waals surface area contributed by atoms with Gasteiger partial charge in [0.1, 0.15) is 11.6 Å². The molecule has 82 valence electrons. The maximum atomic E-state index is 13.1. The van der Waals surface area contributed by atoms with Crippen molar-refractivity contribution < 1.29 is 18.3 Å². The molecule has 0 saturated heterocycles. The molecule has 0 atom stereocenters. The summed E-state index contributed by atoms with van der Waals surface area (Å²) in [6, 6.07) is 3.31. The second-order valence-corrected chi connectivity index (χ2v) is 3.04. The van der Waals surface area contributed by atoms with Crippen LogP contribution in [0.15, 0.2) is 18.2 Å². The Balaban J connectivity index is 2.54. The van der Waals surface area contributed by atoms with Crippen molar-refractivity contribution in [3.8, 4) is 0 Å². The highest BCUT2D eigenvalue weighted by Crippen LogP contribution is 2.11. The standard InChI is InChI=1S/C11H12F2O2/c1-2-15-11(14)6-4-8-3-5-9(12)7-10(8)13/h3,5,7H,2,4,6H2,1H3. The Morgan fingerprint density at radius 2 is 2.13 bits per heavy atom. The summed E-state index contributed by atoms with van der Waals surface area (Å²) in [6.07, 6.45) is 0.335. The number of carbonyl (C=O) groups excluding carboxylic acids is 1. The Bertz CT molecular complexity index is 350. The molecule has 0 fully saturated rings. The normalized spacial score (nSPS) is 10.1. The van der Waals surface area contributed by atoms with Gasteiger partial charge in [-0.2, -0.15) is 0 Å². The zero-order valence-electron chi connectivity index (χ0n) is 8.43. The summed E-state index contributed by atoms with van der Waals surface area (Å²) in [5.41, 5.74) is 0.324. The Morgan fingerprint density at radius 3 is 2.73 bits per heavy atom. The number of ether oxygens (including phenoxy) is 1.